The first-order chi connectivity index (χ1) is 20.9. The minimum absolute atomic E-state index is 0.0190. The lowest BCUT2D eigenvalue weighted by Crippen LogP contribution is -2.40. The number of nitrogens with zero attached hydrogens (tertiary/aromatic N) is 5. The summed E-state index contributed by atoms with van der Waals surface area (Å²) in [5.74, 6) is -0.549. The third kappa shape index (κ3) is 6.28. The molecule has 4 aromatic rings. The molecule has 1 N–H and O–H groups in total. The second kappa shape index (κ2) is 11.7. The third-order valence-corrected chi connectivity index (χ3v) is 9.63. The van der Waals surface area contributed by atoms with Crippen molar-refractivity contribution in [3.05, 3.63) is 75.7 Å². The zero-order chi connectivity index (χ0) is 31.2. The van der Waals surface area contributed by atoms with Crippen LogP contribution in [0.25, 0.3) is 16.3 Å². The minimum Gasteiger partial charge on any atom is -0.479 e. The van der Waals surface area contributed by atoms with E-state index in [-0.39, 0.29) is 11.2 Å². The van der Waals surface area contributed by atoms with E-state index in [1.807, 2.05) is 46.0 Å². The quantitative estimate of drug-likeness (QED) is 0.241. The van der Waals surface area contributed by atoms with Crippen molar-refractivity contribution in [2.24, 2.45) is 5.41 Å². The summed E-state index contributed by atoms with van der Waals surface area (Å²) in [6, 6.07) is 7.01. The molecule has 6 heterocycles. The molecule has 0 amide bonds. The number of halogens is 1. The number of rotatable bonds is 3. The van der Waals surface area contributed by atoms with Crippen LogP contribution in [0.3, 0.4) is 0 Å². The molecule has 1 saturated heterocycles. The fourth-order valence-corrected chi connectivity index (χ4v) is 7.18. The number of allylic oxidation sites excluding steroid dienone is 2. The highest BCUT2D eigenvalue weighted by Gasteiger charge is 2.37. The first-order valence-electron chi connectivity index (χ1n) is 15.4. The molecule has 8 nitrogen and oxygen atoms in total. The molecular weight excluding hydrogens is 577 g/mol. The lowest BCUT2D eigenvalue weighted by Gasteiger charge is -2.40. The predicted molar refractivity (Wildman–Crippen MR) is 171 cm³/mol. The topological polar surface area (TPSA) is 92.8 Å². The van der Waals surface area contributed by atoms with E-state index in [9.17, 15) is 14.3 Å². The van der Waals surface area contributed by atoms with Gasteiger partial charge in [0, 0.05) is 42.3 Å². The number of hydrogen-bond donors (Lipinski definition) is 1. The highest BCUT2D eigenvalue weighted by molar-refractivity contribution is 7.15. The lowest BCUT2D eigenvalue weighted by atomic mass is 9.79. The Hall–Kier alpha value is -3.63. The number of carboxylic acids is 1. The van der Waals surface area contributed by atoms with Crippen LogP contribution in [-0.2, 0) is 22.4 Å². The van der Waals surface area contributed by atoms with E-state index < -0.39 is 17.7 Å². The molecule has 232 valence electrons. The van der Waals surface area contributed by atoms with E-state index in [0.717, 1.165) is 66.2 Å². The molecule has 0 radical (unpaired) electrons. The zero-order valence-electron chi connectivity index (χ0n) is 26.1. The van der Waals surface area contributed by atoms with Crippen molar-refractivity contribution in [1.29, 1.82) is 0 Å². The van der Waals surface area contributed by atoms with Crippen LogP contribution in [-0.4, -0.2) is 49.3 Å². The Labute approximate surface area is 261 Å². The Kier molecular flexibility index (Phi) is 8.09. The number of piperidine rings is 1. The van der Waals surface area contributed by atoms with Gasteiger partial charge in [-0.05, 0) is 88.5 Å². The van der Waals surface area contributed by atoms with Crippen LogP contribution in [0.15, 0.2) is 42.6 Å². The molecule has 1 atom stereocenters. The SMILES string of the molecule is Cc1nc2cc3nn2c(c1C(OC(C)(C)C)C(=O)O)N1CCC(C)(C=CCCCc2cc(F)ccc2Cc2cnc-3s2)CC1. The first kappa shape index (κ1) is 30.4. The molecule has 1 fully saturated rings. The Morgan fingerprint density at radius 3 is 2.68 bits per heavy atom. The fourth-order valence-electron chi connectivity index (χ4n) is 6.29. The maximum atomic E-state index is 14.2. The van der Waals surface area contributed by atoms with Gasteiger partial charge in [-0.3, -0.25) is 0 Å². The van der Waals surface area contributed by atoms with Crippen LogP contribution in [0.4, 0.5) is 10.2 Å². The molecule has 1 aromatic carbocycles. The van der Waals surface area contributed by atoms with E-state index in [0.29, 0.717) is 34.8 Å². The molecule has 6 bridgehead atoms. The van der Waals surface area contributed by atoms with Crippen molar-refractivity contribution in [2.45, 2.75) is 84.8 Å². The number of fused-ring (bicyclic) bond motifs is 5. The smallest absolute Gasteiger partial charge is 0.337 e. The van der Waals surface area contributed by atoms with E-state index in [1.165, 1.54) is 6.07 Å². The summed E-state index contributed by atoms with van der Waals surface area (Å²) in [7, 11) is 0. The van der Waals surface area contributed by atoms with Crippen LogP contribution in [0.5, 0.6) is 0 Å². The van der Waals surface area contributed by atoms with Crippen molar-refractivity contribution in [2.75, 3.05) is 18.0 Å². The zero-order valence-corrected chi connectivity index (χ0v) is 26.9. The second-order valence-corrected chi connectivity index (χ2v) is 14.5. The van der Waals surface area contributed by atoms with Gasteiger partial charge in [0.25, 0.3) is 0 Å². The maximum Gasteiger partial charge on any atom is 0.337 e. The predicted octanol–water partition coefficient (Wildman–Crippen LogP) is 7.33. The summed E-state index contributed by atoms with van der Waals surface area (Å²) in [6.45, 7) is 11.2. The van der Waals surface area contributed by atoms with E-state index >= 15 is 0 Å². The summed E-state index contributed by atoms with van der Waals surface area (Å²) >= 11 is 1.56. The van der Waals surface area contributed by atoms with Crippen molar-refractivity contribution >= 4 is 28.8 Å². The minimum atomic E-state index is -1.21. The van der Waals surface area contributed by atoms with Gasteiger partial charge in [-0.15, -0.1) is 11.3 Å². The number of carboxylic acid groups (broad SMARTS) is 1. The molecule has 3 aliphatic rings. The highest BCUT2D eigenvalue weighted by atomic mass is 32.1. The van der Waals surface area contributed by atoms with Crippen molar-refractivity contribution in [3.63, 3.8) is 0 Å². The van der Waals surface area contributed by atoms with Gasteiger partial charge in [0.15, 0.2) is 11.8 Å². The highest BCUT2D eigenvalue weighted by Crippen LogP contribution is 2.40. The number of hydrogen-bond acceptors (Lipinski definition) is 7. The molecule has 44 heavy (non-hydrogen) atoms. The molecule has 3 aliphatic heterocycles. The van der Waals surface area contributed by atoms with E-state index in [1.54, 1.807) is 21.9 Å². The monoisotopic (exact) mass is 617 g/mol. The second-order valence-electron chi connectivity index (χ2n) is 13.3. The largest absolute Gasteiger partial charge is 0.479 e. The Morgan fingerprint density at radius 2 is 1.95 bits per heavy atom. The summed E-state index contributed by atoms with van der Waals surface area (Å²) in [5, 5.41) is 16.2. The van der Waals surface area contributed by atoms with Gasteiger partial charge in [0.2, 0.25) is 0 Å². The molecule has 10 heteroatoms. The molecule has 0 aliphatic carbocycles. The number of ether oxygens (including phenoxy) is 1. The number of benzene rings is 1. The van der Waals surface area contributed by atoms with Gasteiger partial charge in [0.05, 0.1) is 11.2 Å². The number of aromatic nitrogens is 4. The van der Waals surface area contributed by atoms with Gasteiger partial charge in [-0.25, -0.2) is 19.2 Å². The summed E-state index contributed by atoms with van der Waals surface area (Å²) < 4.78 is 22.2. The average molecular weight is 618 g/mol. The van der Waals surface area contributed by atoms with Crippen LogP contribution >= 0.6 is 11.3 Å². The van der Waals surface area contributed by atoms with Gasteiger partial charge >= 0.3 is 5.97 Å². The maximum absolute atomic E-state index is 14.2. The molecular formula is C34H40FN5O3S. The molecule has 7 rings (SSSR count). The number of aliphatic carboxylic acids is 1. The Bertz CT molecular complexity index is 1730. The van der Waals surface area contributed by atoms with Crippen molar-refractivity contribution < 1.29 is 19.0 Å². The lowest BCUT2D eigenvalue weighted by molar-refractivity contribution is -0.160. The molecule has 0 spiro atoms. The third-order valence-electron chi connectivity index (χ3n) is 8.61. The van der Waals surface area contributed by atoms with E-state index in [2.05, 4.69) is 24.0 Å². The van der Waals surface area contributed by atoms with Crippen LogP contribution < -0.4 is 4.90 Å². The molecule has 1 unspecified atom stereocenters. The summed E-state index contributed by atoms with van der Waals surface area (Å²) in [6.07, 6.45) is 10.4. The van der Waals surface area contributed by atoms with Crippen LogP contribution in [0.1, 0.15) is 86.7 Å². The standard InChI is InChI=1S/C34H40FN5O3S/c1-21-28(29(32(41)42)43-33(2,3)4)31-39-15-13-34(5,14-16-39)12-8-6-7-9-22-17-24(35)11-10-23(22)18-25-20-36-30(44-25)26-19-27(37-21)40(31)38-26/h8,10-12,17,19-20,29H,6-7,9,13-16,18H2,1-5H3,(H,41,42). The molecule has 0 saturated carbocycles. The number of anilines is 1. The number of thiazole rings is 1. The first-order valence-corrected chi connectivity index (χ1v) is 16.2. The van der Waals surface area contributed by atoms with Gasteiger partial charge in [0.1, 0.15) is 22.3 Å². The van der Waals surface area contributed by atoms with Crippen LogP contribution in [0.2, 0.25) is 0 Å². The normalized spacial score (nSPS) is 17.7. The fraction of sp³-hybridized carbons (Fsp3) is 0.471. The Balaban J connectivity index is 1.51. The number of carbonyl (C=O) groups is 1. The van der Waals surface area contributed by atoms with Gasteiger partial charge < -0.3 is 14.7 Å². The van der Waals surface area contributed by atoms with Crippen LogP contribution in [0, 0.1) is 18.2 Å². The molecule has 3 aromatic heterocycles. The van der Waals surface area contributed by atoms with Gasteiger partial charge in [-0.2, -0.15) is 9.61 Å². The van der Waals surface area contributed by atoms with Crippen molar-refractivity contribution in [1.82, 2.24) is 19.6 Å². The Morgan fingerprint density at radius 1 is 1.18 bits per heavy atom. The number of aryl methyl sites for hydroxylation is 2. The van der Waals surface area contributed by atoms with Gasteiger partial charge in [-0.1, -0.05) is 25.1 Å². The average Bonchev–Trinajstić information content (AvgIpc) is 3.59. The summed E-state index contributed by atoms with van der Waals surface area (Å²) in [5.41, 5.74) is 3.94. The summed E-state index contributed by atoms with van der Waals surface area (Å²) in [4.78, 5) is 25.6. The van der Waals surface area contributed by atoms with Crippen molar-refractivity contribution in [3.8, 4) is 10.7 Å². The van der Waals surface area contributed by atoms with E-state index in [4.69, 9.17) is 19.8 Å².